The monoisotopic (exact) mass is 259 g/mol. The van der Waals surface area contributed by atoms with Crippen LogP contribution < -0.4 is 5.43 Å². The minimum Gasteiger partial charge on any atom is -0.444 e. The molecule has 0 aromatic heterocycles. The van der Waals surface area contributed by atoms with E-state index in [0.29, 0.717) is 26.2 Å². The molecule has 0 radical (unpaired) electrons. The van der Waals surface area contributed by atoms with Crippen LogP contribution in [0.3, 0.4) is 0 Å². The molecule has 1 aliphatic rings. The smallest absolute Gasteiger partial charge is 0.410 e. The van der Waals surface area contributed by atoms with Gasteiger partial charge in [0.1, 0.15) is 11.4 Å². The Morgan fingerprint density at radius 2 is 1.89 bits per heavy atom. The fourth-order valence-electron chi connectivity index (χ4n) is 1.57. The Balaban J connectivity index is 2.30. The number of rotatable bonds is 3. The number of carbonyl (C=O) groups is 1. The second kappa shape index (κ2) is 6.15. The third-order valence-electron chi connectivity index (χ3n) is 2.43. The molecule has 0 bridgehead atoms. The fourth-order valence-corrected chi connectivity index (χ4v) is 1.57. The van der Waals surface area contributed by atoms with E-state index < -0.39 is 11.4 Å². The van der Waals surface area contributed by atoms with Crippen LogP contribution >= 0.6 is 0 Å². The molecule has 0 spiro atoms. The van der Waals surface area contributed by atoms with Crippen molar-refractivity contribution in [1.82, 2.24) is 15.3 Å². The number of ether oxygens (including phenoxy) is 1. The van der Waals surface area contributed by atoms with E-state index in [2.05, 4.69) is 12.0 Å². The molecule has 1 fully saturated rings. The first kappa shape index (κ1) is 14.9. The van der Waals surface area contributed by atoms with E-state index in [1.54, 1.807) is 4.90 Å². The second-order valence-electron chi connectivity index (χ2n) is 5.31. The molecule has 1 aliphatic heterocycles. The van der Waals surface area contributed by atoms with Crippen LogP contribution in [0.4, 0.5) is 9.18 Å². The summed E-state index contributed by atoms with van der Waals surface area (Å²) < 4.78 is 17.8. The molecule has 1 heterocycles. The molecule has 18 heavy (non-hydrogen) atoms. The van der Waals surface area contributed by atoms with Crippen molar-refractivity contribution in [3.05, 3.63) is 12.4 Å². The second-order valence-corrected chi connectivity index (χ2v) is 5.31. The van der Waals surface area contributed by atoms with Gasteiger partial charge in [-0.3, -0.25) is 0 Å². The number of hydrogen-bond acceptors (Lipinski definition) is 4. The van der Waals surface area contributed by atoms with Crippen molar-refractivity contribution >= 4 is 6.09 Å². The van der Waals surface area contributed by atoms with Crippen molar-refractivity contribution in [2.45, 2.75) is 26.4 Å². The first-order chi connectivity index (χ1) is 8.28. The van der Waals surface area contributed by atoms with Crippen molar-refractivity contribution in [2.75, 3.05) is 32.7 Å². The molecular formula is C12H22FN3O2. The van der Waals surface area contributed by atoms with E-state index in [0.717, 1.165) is 0 Å². The zero-order chi connectivity index (χ0) is 13.8. The summed E-state index contributed by atoms with van der Waals surface area (Å²) in [6.45, 7) is 11.3. The van der Waals surface area contributed by atoms with Crippen LogP contribution in [0, 0.1) is 0 Å². The molecular weight excluding hydrogens is 237 g/mol. The van der Waals surface area contributed by atoms with E-state index in [9.17, 15) is 9.18 Å². The molecule has 5 nitrogen and oxygen atoms in total. The van der Waals surface area contributed by atoms with Crippen molar-refractivity contribution in [1.29, 1.82) is 0 Å². The first-order valence-corrected chi connectivity index (χ1v) is 6.07. The van der Waals surface area contributed by atoms with Gasteiger partial charge in [-0.05, 0) is 20.8 Å². The highest BCUT2D eigenvalue weighted by Gasteiger charge is 2.25. The van der Waals surface area contributed by atoms with Crippen molar-refractivity contribution in [3.63, 3.8) is 0 Å². The lowest BCUT2D eigenvalue weighted by molar-refractivity contribution is 0.00944. The molecule has 0 aliphatic carbocycles. The summed E-state index contributed by atoms with van der Waals surface area (Å²) in [6, 6.07) is 0. The average molecular weight is 259 g/mol. The summed E-state index contributed by atoms with van der Waals surface area (Å²) in [6.07, 6.45) is -0.294. The average Bonchev–Trinajstić information content (AvgIpc) is 2.24. The van der Waals surface area contributed by atoms with Crippen LogP contribution in [0.1, 0.15) is 20.8 Å². The Morgan fingerprint density at radius 3 is 2.33 bits per heavy atom. The predicted octanol–water partition coefficient (Wildman–Crippen LogP) is 1.53. The minimum atomic E-state index is -0.474. The molecule has 6 heteroatoms. The molecule has 1 N–H and O–H groups in total. The number of hydrazine groups is 1. The molecule has 1 saturated heterocycles. The summed E-state index contributed by atoms with van der Waals surface area (Å²) in [7, 11) is 0. The SMILES string of the molecule is C=C(F)CNN1CCN(C(=O)OC(C)(C)C)CC1. The van der Waals surface area contributed by atoms with Gasteiger partial charge in [-0.15, -0.1) is 0 Å². The lowest BCUT2D eigenvalue weighted by atomic mass is 10.2. The summed E-state index contributed by atoms with van der Waals surface area (Å²) in [4.78, 5) is 13.4. The van der Waals surface area contributed by atoms with E-state index in [4.69, 9.17) is 4.74 Å². The van der Waals surface area contributed by atoms with Gasteiger partial charge >= 0.3 is 6.09 Å². The van der Waals surface area contributed by atoms with Gasteiger partial charge in [-0.2, -0.15) is 0 Å². The summed E-state index contributed by atoms with van der Waals surface area (Å²) in [5.41, 5.74) is 2.43. The van der Waals surface area contributed by atoms with Crippen LogP contribution in [0.5, 0.6) is 0 Å². The Bertz CT molecular complexity index is 307. The number of halogens is 1. The number of nitrogens with zero attached hydrogens (tertiary/aromatic N) is 2. The Labute approximate surface area is 108 Å². The number of piperazine rings is 1. The topological polar surface area (TPSA) is 44.8 Å². The zero-order valence-corrected chi connectivity index (χ0v) is 11.3. The summed E-state index contributed by atoms with van der Waals surface area (Å²) >= 11 is 0. The van der Waals surface area contributed by atoms with E-state index in [1.165, 1.54) is 0 Å². The predicted molar refractivity (Wildman–Crippen MR) is 67.6 cm³/mol. The van der Waals surface area contributed by atoms with Gasteiger partial charge in [0, 0.05) is 26.2 Å². The fraction of sp³-hybridized carbons (Fsp3) is 0.750. The highest BCUT2D eigenvalue weighted by Crippen LogP contribution is 2.11. The van der Waals surface area contributed by atoms with Gasteiger partial charge in [0.15, 0.2) is 0 Å². The lowest BCUT2D eigenvalue weighted by Gasteiger charge is -2.35. The molecule has 0 unspecified atom stereocenters. The highest BCUT2D eigenvalue weighted by molar-refractivity contribution is 5.68. The van der Waals surface area contributed by atoms with Crippen molar-refractivity contribution < 1.29 is 13.9 Å². The molecule has 1 rings (SSSR count). The van der Waals surface area contributed by atoms with Gasteiger partial charge in [-0.1, -0.05) is 6.58 Å². The number of carbonyl (C=O) groups excluding carboxylic acids is 1. The third kappa shape index (κ3) is 5.46. The van der Waals surface area contributed by atoms with Crippen LogP contribution in [-0.4, -0.2) is 54.3 Å². The van der Waals surface area contributed by atoms with Crippen LogP contribution in [0.25, 0.3) is 0 Å². The van der Waals surface area contributed by atoms with Gasteiger partial charge in [0.25, 0.3) is 0 Å². The third-order valence-corrected chi connectivity index (χ3v) is 2.43. The molecule has 104 valence electrons. The van der Waals surface area contributed by atoms with E-state index in [1.807, 2.05) is 25.8 Å². The van der Waals surface area contributed by atoms with Crippen molar-refractivity contribution in [3.8, 4) is 0 Å². The first-order valence-electron chi connectivity index (χ1n) is 6.07. The number of amides is 1. The van der Waals surface area contributed by atoms with Gasteiger partial charge in [0.2, 0.25) is 0 Å². The quantitative estimate of drug-likeness (QED) is 0.835. The maximum absolute atomic E-state index is 12.5. The normalized spacial score (nSPS) is 17.7. The standard InChI is InChI=1S/C12H22FN3O2/c1-10(13)9-14-16-7-5-15(6-8-16)11(17)18-12(2,3)4/h14H,1,5-9H2,2-4H3. The molecule has 0 atom stereocenters. The summed E-state index contributed by atoms with van der Waals surface area (Å²) in [5.74, 6) is -0.399. The van der Waals surface area contributed by atoms with Crippen LogP contribution in [-0.2, 0) is 4.74 Å². The molecule has 0 aromatic rings. The van der Waals surface area contributed by atoms with Gasteiger partial charge < -0.3 is 9.64 Å². The Morgan fingerprint density at radius 1 is 1.33 bits per heavy atom. The maximum atomic E-state index is 12.5. The number of hydrogen-bond donors (Lipinski definition) is 1. The van der Waals surface area contributed by atoms with Gasteiger partial charge in [0.05, 0.1) is 6.54 Å². The van der Waals surface area contributed by atoms with Crippen molar-refractivity contribution in [2.24, 2.45) is 0 Å². The van der Waals surface area contributed by atoms with E-state index >= 15 is 0 Å². The number of nitrogens with one attached hydrogen (secondary N) is 1. The highest BCUT2D eigenvalue weighted by atomic mass is 19.1. The molecule has 0 aromatic carbocycles. The Kier molecular flexibility index (Phi) is 5.10. The molecule has 0 saturated carbocycles. The largest absolute Gasteiger partial charge is 0.444 e. The molecule has 1 amide bonds. The lowest BCUT2D eigenvalue weighted by Crippen LogP contribution is -2.54. The Hall–Kier alpha value is -1.14. The van der Waals surface area contributed by atoms with Gasteiger partial charge in [-0.25, -0.2) is 19.6 Å². The minimum absolute atomic E-state index is 0.117. The zero-order valence-electron chi connectivity index (χ0n) is 11.3. The van der Waals surface area contributed by atoms with Crippen LogP contribution in [0.2, 0.25) is 0 Å². The van der Waals surface area contributed by atoms with Crippen LogP contribution in [0.15, 0.2) is 12.4 Å². The summed E-state index contributed by atoms with van der Waals surface area (Å²) in [5, 5.41) is 1.88. The maximum Gasteiger partial charge on any atom is 0.410 e. The van der Waals surface area contributed by atoms with E-state index in [-0.39, 0.29) is 12.6 Å².